The molecule has 0 amide bonds. The van der Waals surface area contributed by atoms with Gasteiger partial charge in [-0.25, -0.2) is 8.42 Å². The van der Waals surface area contributed by atoms with Crippen LogP contribution in [0.25, 0.3) is 22.2 Å². The van der Waals surface area contributed by atoms with Gasteiger partial charge in [0.25, 0.3) is 11.6 Å². The van der Waals surface area contributed by atoms with Crippen molar-refractivity contribution < 1.29 is 13.2 Å². The molecule has 0 N–H and O–H groups in total. The van der Waals surface area contributed by atoms with Gasteiger partial charge in [0.1, 0.15) is 0 Å². The Hall–Kier alpha value is -2.61. The average Bonchev–Trinajstić information content (AvgIpc) is 3.38. The number of sulfone groups is 1. The number of methoxy groups -OCH3 is 1. The Morgan fingerprint density at radius 2 is 1.93 bits per heavy atom. The fourth-order valence-corrected chi connectivity index (χ4v) is 4.54. The maximum Gasteiger partial charge on any atom is 0.297 e. The van der Waals surface area contributed by atoms with Gasteiger partial charge in [0.05, 0.1) is 23.9 Å². The molecule has 29 heavy (non-hydrogen) atoms. The van der Waals surface area contributed by atoms with Crippen LogP contribution >= 0.6 is 0 Å². The van der Waals surface area contributed by atoms with Gasteiger partial charge < -0.3 is 9.30 Å². The van der Waals surface area contributed by atoms with E-state index in [0.717, 1.165) is 23.2 Å². The van der Waals surface area contributed by atoms with E-state index in [2.05, 4.69) is 4.98 Å². The molecule has 3 aromatic rings. The van der Waals surface area contributed by atoms with Crippen LogP contribution in [0.1, 0.15) is 24.0 Å². The monoisotopic (exact) mass is 415 g/mol. The lowest BCUT2D eigenvalue weighted by Crippen LogP contribution is -2.18. The smallest absolute Gasteiger partial charge is 0.297 e. The highest BCUT2D eigenvalue weighted by molar-refractivity contribution is 7.89. The normalized spacial score (nSPS) is 14.5. The van der Waals surface area contributed by atoms with E-state index in [1.54, 1.807) is 31.8 Å². The molecule has 1 aliphatic rings. The standard InChI is InChI=1S/C21H25N3O4S/c1-13-7-16(11-23(2)20(13)25)15-8-17(12-29(4,26)27)19-18(9-15)24(10-14-5-6-14)21(22-19)28-3/h7-9,11,14H,5-6,10,12H2,1-4H3. The van der Waals surface area contributed by atoms with Crippen LogP contribution in [0, 0.1) is 12.8 Å². The topological polar surface area (TPSA) is 83.2 Å². The van der Waals surface area contributed by atoms with Crippen molar-refractivity contribution in [3.8, 4) is 17.1 Å². The Morgan fingerprint density at radius 1 is 1.21 bits per heavy atom. The van der Waals surface area contributed by atoms with Gasteiger partial charge in [-0.1, -0.05) is 0 Å². The number of aromatic nitrogens is 3. The van der Waals surface area contributed by atoms with Gasteiger partial charge in [-0.15, -0.1) is 0 Å². The lowest BCUT2D eigenvalue weighted by Gasteiger charge is -2.11. The van der Waals surface area contributed by atoms with Gasteiger partial charge in [0.15, 0.2) is 9.84 Å². The zero-order valence-corrected chi connectivity index (χ0v) is 17.9. The fraction of sp³-hybridized carbons (Fsp3) is 0.429. The van der Waals surface area contributed by atoms with Gasteiger partial charge in [0.2, 0.25) is 0 Å². The molecule has 0 spiro atoms. The summed E-state index contributed by atoms with van der Waals surface area (Å²) in [6.07, 6.45) is 5.36. The summed E-state index contributed by atoms with van der Waals surface area (Å²) in [6.45, 7) is 2.58. The molecular formula is C21H25N3O4S. The highest BCUT2D eigenvalue weighted by Crippen LogP contribution is 2.36. The molecule has 1 fully saturated rings. The van der Waals surface area contributed by atoms with Crippen molar-refractivity contribution in [3.05, 3.63) is 45.9 Å². The molecule has 0 radical (unpaired) electrons. The molecule has 0 unspecified atom stereocenters. The number of hydrogen-bond acceptors (Lipinski definition) is 5. The molecule has 8 heteroatoms. The average molecular weight is 416 g/mol. The minimum atomic E-state index is -3.26. The minimum absolute atomic E-state index is 0.0494. The van der Waals surface area contributed by atoms with Gasteiger partial charge in [-0.3, -0.25) is 9.36 Å². The second kappa shape index (κ2) is 7.02. The van der Waals surface area contributed by atoms with Crippen molar-refractivity contribution in [2.75, 3.05) is 13.4 Å². The minimum Gasteiger partial charge on any atom is -0.468 e. The molecular weight excluding hydrogens is 390 g/mol. The number of nitrogens with zero attached hydrogens (tertiary/aromatic N) is 3. The molecule has 1 aromatic carbocycles. The molecule has 2 aromatic heterocycles. The van der Waals surface area contributed by atoms with Gasteiger partial charge in [-0.05, 0) is 60.6 Å². The molecule has 2 heterocycles. The zero-order valence-electron chi connectivity index (χ0n) is 17.1. The van der Waals surface area contributed by atoms with Crippen molar-refractivity contribution in [1.29, 1.82) is 0 Å². The molecule has 1 aliphatic carbocycles. The first-order valence-electron chi connectivity index (χ1n) is 9.59. The van der Waals surface area contributed by atoms with Gasteiger partial charge >= 0.3 is 0 Å². The third-order valence-electron chi connectivity index (χ3n) is 5.33. The summed E-state index contributed by atoms with van der Waals surface area (Å²) in [4.78, 5) is 16.7. The second-order valence-corrected chi connectivity index (χ2v) is 10.2. The van der Waals surface area contributed by atoms with Crippen LogP contribution in [-0.2, 0) is 29.2 Å². The summed E-state index contributed by atoms with van der Waals surface area (Å²) >= 11 is 0. The van der Waals surface area contributed by atoms with Crippen LogP contribution < -0.4 is 10.3 Å². The number of benzene rings is 1. The van der Waals surface area contributed by atoms with Crippen LogP contribution in [0.4, 0.5) is 0 Å². The van der Waals surface area contributed by atoms with Crippen LogP contribution in [0.2, 0.25) is 0 Å². The number of ether oxygens (including phenoxy) is 1. The van der Waals surface area contributed by atoms with Crippen molar-refractivity contribution in [1.82, 2.24) is 14.1 Å². The molecule has 1 saturated carbocycles. The summed E-state index contributed by atoms with van der Waals surface area (Å²) in [6, 6.07) is 6.21. The van der Waals surface area contributed by atoms with E-state index in [-0.39, 0.29) is 11.3 Å². The SMILES string of the molecule is COc1nc2c(CS(C)(=O)=O)cc(-c3cc(C)c(=O)n(C)c3)cc2n1CC1CC1. The molecule has 0 bridgehead atoms. The Kier molecular flexibility index (Phi) is 4.77. The Bertz CT molecular complexity index is 1240. The van der Waals surface area contributed by atoms with E-state index >= 15 is 0 Å². The quantitative estimate of drug-likeness (QED) is 0.618. The summed E-state index contributed by atoms with van der Waals surface area (Å²) in [7, 11) is 0.0419. The Labute approximate surface area is 169 Å². The number of hydrogen-bond donors (Lipinski definition) is 0. The fourth-order valence-electron chi connectivity index (χ4n) is 3.76. The predicted octanol–water partition coefficient (Wildman–Crippen LogP) is 2.67. The van der Waals surface area contributed by atoms with E-state index < -0.39 is 9.84 Å². The number of pyridine rings is 1. The summed E-state index contributed by atoms with van der Waals surface area (Å²) in [5, 5.41) is 0. The van der Waals surface area contributed by atoms with Crippen LogP contribution in [-0.4, -0.2) is 35.9 Å². The molecule has 154 valence electrons. The van der Waals surface area contributed by atoms with E-state index in [9.17, 15) is 13.2 Å². The Balaban J connectivity index is 1.98. The van der Waals surface area contributed by atoms with E-state index in [1.807, 2.05) is 22.8 Å². The maximum atomic E-state index is 12.1. The number of rotatable bonds is 6. The van der Waals surface area contributed by atoms with Gasteiger partial charge in [-0.2, -0.15) is 4.98 Å². The highest BCUT2D eigenvalue weighted by Gasteiger charge is 2.26. The zero-order chi connectivity index (χ0) is 20.9. The van der Waals surface area contributed by atoms with Crippen LogP contribution in [0.5, 0.6) is 6.01 Å². The lowest BCUT2D eigenvalue weighted by atomic mass is 10.0. The molecule has 4 rings (SSSR count). The maximum absolute atomic E-state index is 12.1. The van der Waals surface area contributed by atoms with E-state index in [4.69, 9.17) is 4.74 Å². The first-order chi connectivity index (χ1) is 13.7. The summed E-state index contributed by atoms with van der Waals surface area (Å²) in [5.41, 5.74) is 4.45. The third-order valence-corrected chi connectivity index (χ3v) is 6.17. The van der Waals surface area contributed by atoms with E-state index in [1.165, 1.54) is 19.1 Å². The highest BCUT2D eigenvalue weighted by atomic mass is 32.2. The van der Waals surface area contributed by atoms with Crippen molar-refractivity contribution in [2.24, 2.45) is 13.0 Å². The van der Waals surface area contributed by atoms with Crippen molar-refractivity contribution in [2.45, 2.75) is 32.1 Å². The Morgan fingerprint density at radius 3 is 2.52 bits per heavy atom. The third kappa shape index (κ3) is 3.94. The molecule has 0 atom stereocenters. The number of imidazole rings is 1. The second-order valence-electron chi connectivity index (χ2n) is 8.05. The first-order valence-corrected chi connectivity index (χ1v) is 11.6. The summed E-state index contributed by atoms with van der Waals surface area (Å²) in [5.74, 6) is 0.495. The summed E-state index contributed by atoms with van der Waals surface area (Å²) < 4.78 is 33.3. The largest absolute Gasteiger partial charge is 0.468 e. The van der Waals surface area contributed by atoms with Crippen LogP contribution in [0.15, 0.2) is 29.2 Å². The lowest BCUT2D eigenvalue weighted by molar-refractivity contribution is 0.356. The van der Waals surface area contributed by atoms with Gasteiger partial charge in [0, 0.05) is 31.6 Å². The van der Waals surface area contributed by atoms with E-state index in [0.29, 0.717) is 28.6 Å². The molecule has 7 nitrogen and oxygen atoms in total. The number of aryl methyl sites for hydroxylation is 2. The van der Waals surface area contributed by atoms with Crippen LogP contribution in [0.3, 0.4) is 0 Å². The molecule has 0 saturated heterocycles. The first kappa shape index (κ1) is 19.7. The molecule has 0 aliphatic heterocycles. The predicted molar refractivity (Wildman–Crippen MR) is 113 cm³/mol. The van der Waals surface area contributed by atoms with Crippen molar-refractivity contribution >= 4 is 20.9 Å². The van der Waals surface area contributed by atoms with Crippen molar-refractivity contribution in [3.63, 3.8) is 0 Å². The number of fused-ring (bicyclic) bond motifs is 1.